The fraction of sp³-hybridized carbons (Fsp3) is 0.464. The molecule has 1 saturated carbocycles. The van der Waals surface area contributed by atoms with Crippen LogP contribution in [0.25, 0.3) is 0 Å². The lowest BCUT2D eigenvalue weighted by atomic mass is 9.78. The predicted molar refractivity (Wildman–Crippen MR) is 137 cm³/mol. The summed E-state index contributed by atoms with van der Waals surface area (Å²) in [6.07, 6.45) is 1.31. The fourth-order valence-corrected chi connectivity index (χ4v) is 5.76. The Balaban J connectivity index is 1.33. The zero-order valence-electron chi connectivity index (χ0n) is 21.6. The summed E-state index contributed by atoms with van der Waals surface area (Å²) < 4.78 is 44.4. The summed E-state index contributed by atoms with van der Waals surface area (Å²) >= 11 is 0. The first-order chi connectivity index (χ1) is 18.1. The minimum atomic E-state index is -4.55. The van der Waals surface area contributed by atoms with Crippen LogP contribution in [0, 0.1) is 0 Å². The van der Waals surface area contributed by atoms with Crippen LogP contribution >= 0.6 is 0 Å². The second-order valence-electron chi connectivity index (χ2n) is 11.0. The van der Waals surface area contributed by atoms with E-state index in [1.165, 1.54) is 11.0 Å². The number of aromatic nitrogens is 3. The van der Waals surface area contributed by atoms with Crippen LogP contribution in [0.5, 0.6) is 0 Å². The molecule has 10 heteroatoms. The number of nitrogens with zero attached hydrogens (tertiary/aromatic N) is 5. The highest BCUT2D eigenvalue weighted by molar-refractivity contribution is 6.10. The van der Waals surface area contributed by atoms with Crippen molar-refractivity contribution in [3.8, 4) is 0 Å². The number of amides is 1. The van der Waals surface area contributed by atoms with Gasteiger partial charge in [0.05, 0.1) is 18.2 Å². The van der Waals surface area contributed by atoms with E-state index >= 15 is 0 Å². The van der Waals surface area contributed by atoms with Crippen molar-refractivity contribution in [1.82, 2.24) is 25.0 Å². The van der Waals surface area contributed by atoms with Crippen LogP contribution in [0.4, 0.5) is 18.9 Å². The van der Waals surface area contributed by atoms with Gasteiger partial charge < -0.3 is 14.8 Å². The number of nitrogens with one attached hydrogen (secondary N) is 1. The Kier molecular flexibility index (Phi) is 6.07. The average Bonchev–Trinajstić information content (AvgIpc) is 3.40. The molecule has 0 spiro atoms. The van der Waals surface area contributed by atoms with Gasteiger partial charge in [-0.3, -0.25) is 9.69 Å². The molecule has 200 valence electrons. The maximum absolute atomic E-state index is 14.2. The number of hydrogen-bond acceptors (Lipinski definition) is 5. The number of halogens is 3. The summed E-state index contributed by atoms with van der Waals surface area (Å²) in [6.45, 7) is 4.10. The molecule has 0 unspecified atom stereocenters. The molecular formula is C28H31F3N6O. The van der Waals surface area contributed by atoms with Gasteiger partial charge >= 0.3 is 6.18 Å². The molecule has 1 atom stereocenters. The van der Waals surface area contributed by atoms with Crippen LogP contribution < -0.4 is 10.2 Å². The van der Waals surface area contributed by atoms with Gasteiger partial charge in [-0.05, 0) is 73.6 Å². The normalized spacial score (nSPS) is 19.7. The largest absolute Gasteiger partial charge is 0.416 e. The summed E-state index contributed by atoms with van der Waals surface area (Å²) in [5.74, 6) is 0.382. The Morgan fingerprint density at radius 1 is 1.13 bits per heavy atom. The van der Waals surface area contributed by atoms with E-state index in [2.05, 4.69) is 27.3 Å². The SMILES string of the molecule is Cn1cnnc1[C@@H](c1cccc(N2Cc3c(cc(CNC4(C)CCC4)cc3C(F)(F)F)C2=O)c1)N1CCC1. The van der Waals surface area contributed by atoms with Gasteiger partial charge in [0.25, 0.3) is 5.91 Å². The van der Waals surface area contributed by atoms with E-state index in [4.69, 9.17) is 0 Å². The summed E-state index contributed by atoms with van der Waals surface area (Å²) in [5.41, 5.74) is 1.38. The third-order valence-corrected chi connectivity index (χ3v) is 8.33. The Hall–Kier alpha value is -3.24. The number of hydrogen-bond donors (Lipinski definition) is 1. The van der Waals surface area contributed by atoms with E-state index in [0.717, 1.165) is 50.2 Å². The maximum atomic E-state index is 14.2. The summed E-state index contributed by atoms with van der Waals surface area (Å²) in [4.78, 5) is 17.3. The summed E-state index contributed by atoms with van der Waals surface area (Å²) in [5, 5.41) is 11.8. The highest BCUT2D eigenvalue weighted by Gasteiger charge is 2.41. The first-order valence-corrected chi connectivity index (χ1v) is 13.1. The van der Waals surface area contributed by atoms with Gasteiger partial charge in [0.1, 0.15) is 6.33 Å². The molecule has 0 bridgehead atoms. The first kappa shape index (κ1) is 25.1. The van der Waals surface area contributed by atoms with E-state index in [1.807, 2.05) is 29.8 Å². The van der Waals surface area contributed by atoms with Gasteiger partial charge in [-0.2, -0.15) is 13.2 Å². The van der Waals surface area contributed by atoms with Crippen molar-refractivity contribution in [3.63, 3.8) is 0 Å². The average molecular weight is 525 g/mol. The second kappa shape index (κ2) is 9.20. The molecular weight excluding hydrogens is 493 g/mol. The van der Waals surface area contributed by atoms with Crippen LogP contribution in [-0.4, -0.2) is 44.2 Å². The molecule has 1 saturated heterocycles. The standard InChI is InChI=1S/C28H31F3N6O/c1-27(8-4-9-27)32-15-18-12-21-22(23(13-18)28(29,30)31)16-37(26(21)38)20-7-3-6-19(14-20)24(36-10-5-11-36)25-34-33-17-35(25)2/h3,6-7,12-14,17,24,32H,4-5,8-11,15-16H2,1-2H3/t24-/m1/s1. The minimum Gasteiger partial charge on any atom is -0.319 e. The molecule has 2 aromatic carbocycles. The quantitative estimate of drug-likeness (QED) is 0.480. The van der Waals surface area contributed by atoms with Crippen molar-refractivity contribution in [3.05, 3.63) is 76.4 Å². The Morgan fingerprint density at radius 2 is 1.92 bits per heavy atom. The Bertz CT molecular complexity index is 1380. The third-order valence-electron chi connectivity index (χ3n) is 8.33. The van der Waals surface area contributed by atoms with Crippen molar-refractivity contribution in [2.75, 3.05) is 18.0 Å². The summed E-state index contributed by atoms with van der Waals surface area (Å²) in [7, 11) is 1.89. The molecule has 2 fully saturated rings. The lowest BCUT2D eigenvalue weighted by molar-refractivity contribution is -0.138. The molecule has 3 aromatic rings. The van der Waals surface area contributed by atoms with Gasteiger partial charge in [0.2, 0.25) is 0 Å². The molecule has 1 N–H and O–H groups in total. The molecule has 7 nitrogen and oxygen atoms in total. The van der Waals surface area contributed by atoms with Crippen molar-refractivity contribution in [1.29, 1.82) is 0 Å². The zero-order valence-corrected chi connectivity index (χ0v) is 21.6. The van der Waals surface area contributed by atoms with Gasteiger partial charge in [0, 0.05) is 43.5 Å². The number of benzene rings is 2. The Morgan fingerprint density at radius 3 is 2.53 bits per heavy atom. The van der Waals surface area contributed by atoms with Crippen LogP contribution in [-0.2, 0) is 26.3 Å². The van der Waals surface area contributed by atoms with Crippen molar-refractivity contribution < 1.29 is 18.0 Å². The number of fused-ring (bicyclic) bond motifs is 1. The molecule has 1 aliphatic carbocycles. The number of aryl methyl sites for hydroxylation is 1. The van der Waals surface area contributed by atoms with Crippen LogP contribution in [0.3, 0.4) is 0 Å². The first-order valence-electron chi connectivity index (χ1n) is 13.1. The molecule has 1 amide bonds. The highest BCUT2D eigenvalue weighted by Crippen LogP contribution is 2.41. The molecule has 6 rings (SSSR count). The molecule has 1 aromatic heterocycles. The maximum Gasteiger partial charge on any atom is 0.416 e. The second-order valence-corrected chi connectivity index (χ2v) is 11.0. The number of rotatable bonds is 7. The van der Waals surface area contributed by atoms with E-state index < -0.39 is 17.6 Å². The van der Waals surface area contributed by atoms with Crippen LogP contribution in [0.2, 0.25) is 0 Å². The van der Waals surface area contributed by atoms with Crippen LogP contribution in [0.15, 0.2) is 42.7 Å². The van der Waals surface area contributed by atoms with Gasteiger partial charge in [-0.25, -0.2) is 0 Å². The summed E-state index contributed by atoms with van der Waals surface area (Å²) in [6, 6.07) is 10.2. The van der Waals surface area contributed by atoms with E-state index in [-0.39, 0.29) is 29.3 Å². The molecule has 3 aliphatic rings. The monoisotopic (exact) mass is 524 g/mol. The van der Waals surface area contributed by atoms with Gasteiger partial charge in [0.15, 0.2) is 5.82 Å². The number of carbonyl (C=O) groups excluding carboxylic acids is 1. The number of carbonyl (C=O) groups is 1. The van der Waals surface area contributed by atoms with Crippen LogP contribution in [0.1, 0.15) is 77.1 Å². The van der Waals surface area contributed by atoms with Gasteiger partial charge in [-0.15, -0.1) is 10.2 Å². The molecule has 2 aliphatic heterocycles. The Labute approximate surface area is 219 Å². The lowest BCUT2D eigenvalue weighted by Gasteiger charge is -2.39. The molecule has 38 heavy (non-hydrogen) atoms. The van der Waals surface area contributed by atoms with E-state index in [0.29, 0.717) is 17.8 Å². The smallest absolute Gasteiger partial charge is 0.319 e. The third kappa shape index (κ3) is 4.39. The van der Waals surface area contributed by atoms with Crippen molar-refractivity contribution >= 4 is 11.6 Å². The van der Waals surface area contributed by atoms with Crippen molar-refractivity contribution in [2.24, 2.45) is 7.05 Å². The van der Waals surface area contributed by atoms with Gasteiger partial charge in [-0.1, -0.05) is 12.1 Å². The van der Waals surface area contributed by atoms with E-state index in [9.17, 15) is 18.0 Å². The number of anilines is 1. The predicted octanol–water partition coefficient (Wildman–Crippen LogP) is 4.82. The number of likely N-dealkylation sites (tertiary alicyclic amines) is 1. The topological polar surface area (TPSA) is 66.3 Å². The van der Waals surface area contributed by atoms with Crippen molar-refractivity contribution in [2.45, 2.75) is 63.5 Å². The minimum absolute atomic E-state index is 0.0408. The lowest BCUT2D eigenvalue weighted by Crippen LogP contribution is -2.47. The van der Waals surface area contributed by atoms with E-state index in [1.54, 1.807) is 18.5 Å². The highest BCUT2D eigenvalue weighted by atomic mass is 19.4. The molecule has 0 radical (unpaired) electrons. The number of alkyl halides is 3. The molecule has 3 heterocycles. The zero-order chi connectivity index (χ0) is 26.7. The fourth-order valence-electron chi connectivity index (χ4n) is 5.76.